The number of piperazine rings is 1. The summed E-state index contributed by atoms with van der Waals surface area (Å²) in [5, 5.41) is 5.63. The highest BCUT2D eigenvalue weighted by Gasteiger charge is 2.51. The van der Waals surface area contributed by atoms with Crippen LogP contribution in [-0.4, -0.2) is 58.7 Å². The number of nitrogens with one attached hydrogen (secondary N) is 1. The molecular formula is C23H33FN2OSi. The van der Waals surface area contributed by atoms with E-state index in [-0.39, 0.29) is 5.04 Å². The second-order valence-electron chi connectivity index (χ2n) is 8.61. The summed E-state index contributed by atoms with van der Waals surface area (Å²) in [7, 11) is -2.70. The van der Waals surface area contributed by atoms with Crippen molar-refractivity contribution in [1.29, 1.82) is 0 Å². The van der Waals surface area contributed by atoms with Crippen molar-refractivity contribution < 1.29 is 8.82 Å². The van der Waals surface area contributed by atoms with Gasteiger partial charge in [0.05, 0.1) is 6.10 Å². The van der Waals surface area contributed by atoms with Crippen LogP contribution in [0.15, 0.2) is 60.7 Å². The Morgan fingerprint density at radius 3 is 1.89 bits per heavy atom. The molecule has 0 spiro atoms. The van der Waals surface area contributed by atoms with Crippen molar-refractivity contribution in [1.82, 2.24) is 10.2 Å². The van der Waals surface area contributed by atoms with Crippen LogP contribution in [0.25, 0.3) is 0 Å². The van der Waals surface area contributed by atoms with E-state index < -0.39 is 21.1 Å². The van der Waals surface area contributed by atoms with Crippen LogP contribution >= 0.6 is 0 Å². The first-order valence-corrected chi connectivity index (χ1v) is 12.2. The van der Waals surface area contributed by atoms with Crippen LogP contribution in [-0.2, 0) is 4.43 Å². The number of halogens is 1. The van der Waals surface area contributed by atoms with E-state index in [1.807, 2.05) is 12.1 Å². The van der Waals surface area contributed by atoms with Gasteiger partial charge in [0.1, 0.15) is 6.67 Å². The molecule has 0 aromatic heterocycles. The highest BCUT2D eigenvalue weighted by Crippen LogP contribution is 2.37. The Bertz CT molecular complexity index is 675. The summed E-state index contributed by atoms with van der Waals surface area (Å²) in [6.07, 6.45) is -0.426. The van der Waals surface area contributed by atoms with Crippen LogP contribution in [0.4, 0.5) is 4.39 Å². The lowest BCUT2D eigenvalue weighted by Crippen LogP contribution is -2.68. The maximum atomic E-state index is 14.2. The predicted octanol–water partition coefficient (Wildman–Crippen LogP) is 2.81. The monoisotopic (exact) mass is 400 g/mol. The first-order chi connectivity index (χ1) is 13.5. The SMILES string of the molecule is CC(C)(C)[Si](O[C@@H](CF)CN1CCNCC1)(c1ccccc1)c1ccccc1. The number of hydrogen-bond donors (Lipinski definition) is 1. The van der Waals surface area contributed by atoms with Crippen molar-refractivity contribution in [2.24, 2.45) is 0 Å². The first-order valence-electron chi connectivity index (χ1n) is 10.3. The summed E-state index contributed by atoms with van der Waals surface area (Å²) >= 11 is 0. The fraction of sp³-hybridized carbons (Fsp3) is 0.478. The Morgan fingerprint density at radius 1 is 0.964 bits per heavy atom. The van der Waals surface area contributed by atoms with Gasteiger partial charge < -0.3 is 9.74 Å². The third-order valence-corrected chi connectivity index (χ3v) is 10.7. The van der Waals surface area contributed by atoms with Gasteiger partial charge in [-0.2, -0.15) is 0 Å². The Kier molecular flexibility index (Phi) is 7.04. The lowest BCUT2D eigenvalue weighted by molar-refractivity contribution is 0.0946. The van der Waals surface area contributed by atoms with Gasteiger partial charge in [-0.1, -0.05) is 81.4 Å². The van der Waals surface area contributed by atoms with Gasteiger partial charge in [0.2, 0.25) is 0 Å². The predicted molar refractivity (Wildman–Crippen MR) is 118 cm³/mol. The molecule has 0 saturated carbocycles. The maximum absolute atomic E-state index is 14.2. The molecule has 152 valence electrons. The minimum Gasteiger partial charge on any atom is -0.400 e. The smallest absolute Gasteiger partial charge is 0.261 e. The molecule has 2 aromatic rings. The number of benzene rings is 2. The van der Waals surface area contributed by atoms with Crippen LogP contribution in [0.5, 0.6) is 0 Å². The van der Waals surface area contributed by atoms with Gasteiger partial charge in [0.25, 0.3) is 8.32 Å². The molecule has 1 aliphatic heterocycles. The molecule has 1 atom stereocenters. The molecule has 1 N–H and O–H groups in total. The van der Waals surface area contributed by atoms with Gasteiger partial charge in [0.15, 0.2) is 0 Å². The molecule has 0 bridgehead atoms. The molecule has 0 amide bonds. The van der Waals surface area contributed by atoms with Crippen molar-refractivity contribution in [2.45, 2.75) is 31.9 Å². The second-order valence-corrected chi connectivity index (χ2v) is 12.9. The minimum atomic E-state index is -2.70. The number of nitrogens with zero attached hydrogens (tertiary/aromatic N) is 1. The maximum Gasteiger partial charge on any atom is 0.261 e. The summed E-state index contributed by atoms with van der Waals surface area (Å²) in [6.45, 7) is 10.7. The molecule has 1 aliphatic rings. The van der Waals surface area contributed by atoms with E-state index in [0.717, 1.165) is 26.2 Å². The molecular weight excluding hydrogens is 367 g/mol. The highest BCUT2D eigenvalue weighted by atomic mass is 28.4. The van der Waals surface area contributed by atoms with E-state index in [1.54, 1.807) is 0 Å². The number of hydrogen-bond acceptors (Lipinski definition) is 3. The standard InChI is InChI=1S/C23H33FN2OSi/c1-23(2,3)28(21-10-6-4-7-11-21,22-12-8-5-9-13-22)27-20(18-24)19-26-16-14-25-15-17-26/h4-13,20,25H,14-19H2,1-3H3/t20-/m0/s1. The summed E-state index contributed by atoms with van der Waals surface area (Å²) in [5.74, 6) is 0. The molecule has 28 heavy (non-hydrogen) atoms. The number of rotatable bonds is 7. The van der Waals surface area contributed by atoms with E-state index in [2.05, 4.69) is 79.5 Å². The van der Waals surface area contributed by atoms with E-state index >= 15 is 0 Å². The fourth-order valence-electron chi connectivity index (χ4n) is 4.24. The summed E-state index contributed by atoms with van der Waals surface area (Å²) in [4.78, 5) is 2.32. The van der Waals surface area contributed by atoms with Crippen molar-refractivity contribution >= 4 is 18.7 Å². The molecule has 5 heteroatoms. The minimum absolute atomic E-state index is 0.132. The Hall–Kier alpha value is -1.53. The van der Waals surface area contributed by atoms with Crippen LogP contribution in [0.3, 0.4) is 0 Å². The van der Waals surface area contributed by atoms with E-state index in [4.69, 9.17) is 4.43 Å². The largest absolute Gasteiger partial charge is 0.400 e. The Balaban J connectivity index is 2.02. The molecule has 0 aliphatic carbocycles. The van der Waals surface area contributed by atoms with Gasteiger partial charge in [-0.3, -0.25) is 4.90 Å². The third kappa shape index (κ3) is 4.54. The normalized spacial score (nSPS) is 17.4. The topological polar surface area (TPSA) is 24.5 Å². The summed E-state index contributed by atoms with van der Waals surface area (Å²) in [5.41, 5.74) is 0. The highest BCUT2D eigenvalue weighted by molar-refractivity contribution is 6.99. The lowest BCUT2D eigenvalue weighted by atomic mass is 10.2. The average Bonchev–Trinajstić information content (AvgIpc) is 2.72. The zero-order chi connectivity index (χ0) is 20.0. The van der Waals surface area contributed by atoms with Crippen LogP contribution in [0.1, 0.15) is 20.8 Å². The fourth-order valence-corrected chi connectivity index (χ4v) is 8.89. The van der Waals surface area contributed by atoms with Gasteiger partial charge >= 0.3 is 0 Å². The van der Waals surface area contributed by atoms with Crippen LogP contribution in [0.2, 0.25) is 5.04 Å². The molecule has 1 saturated heterocycles. The molecule has 1 fully saturated rings. The third-order valence-electron chi connectivity index (χ3n) is 5.60. The second kappa shape index (κ2) is 9.31. The summed E-state index contributed by atoms with van der Waals surface area (Å²) < 4.78 is 21.1. The molecule has 0 unspecified atom stereocenters. The van der Waals surface area contributed by atoms with Crippen molar-refractivity contribution in [3.63, 3.8) is 0 Å². The lowest BCUT2D eigenvalue weighted by Gasteiger charge is -2.45. The summed E-state index contributed by atoms with van der Waals surface area (Å²) in [6, 6.07) is 21.0. The van der Waals surface area contributed by atoms with Gasteiger partial charge in [-0.15, -0.1) is 0 Å². The molecule has 1 heterocycles. The molecule has 2 aromatic carbocycles. The molecule has 3 rings (SSSR count). The van der Waals surface area contributed by atoms with Gasteiger partial charge in [0, 0.05) is 32.7 Å². The zero-order valence-corrected chi connectivity index (χ0v) is 18.3. The zero-order valence-electron chi connectivity index (χ0n) is 17.3. The quantitative estimate of drug-likeness (QED) is 0.724. The first kappa shape index (κ1) is 21.2. The van der Waals surface area contributed by atoms with Crippen LogP contribution < -0.4 is 15.7 Å². The van der Waals surface area contributed by atoms with Crippen LogP contribution in [0, 0.1) is 0 Å². The van der Waals surface area contributed by atoms with E-state index in [0.29, 0.717) is 6.54 Å². The van der Waals surface area contributed by atoms with Crippen molar-refractivity contribution in [3.05, 3.63) is 60.7 Å². The number of alkyl halides is 1. The van der Waals surface area contributed by atoms with Gasteiger partial charge in [-0.05, 0) is 15.4 Å². The Labute approximate surface area is 170 Å². The van der Waals surface area contributed by atoms with Gasteiger partial charge in [-0.25, -0.2) is 4.39 Å². The average molecular weight is 401 g/mol. The van der Waals surface area contributed by atoms with E-state index in [9.17, 15) is 4.39 Å². The van der Waals surface area contributed by atoms with Crippen molar-refractivity contribution in [3.8, 4) is 0 Å². The molecule has 0 radical (unpaired) electrons. The molecule has 3 nitrogen and oxygen atoms in total. The van der Waals surface area contributed by atoms with Crippen molar-refractivity contribution in [2.75, 3.05) is 39.4 Å². The Morgan fingerprint density at radius 2 is 1.46 bits per heavy atom. The van der Waals surface area contributed by atoms with E-state index in [1.165, 1.54) is 10.4 Å².